The van der Waals surface area contributed by atoms with Crippen LogP contribution in [-0.2, 0) is 0 Å². The molecule has 0 aliphatic rings. The maximum absolute atomic E-state index is 8.51. The molecule has 1 aromatic rings. The summed E-state index contributed by atoms with van der Waals surface area (Å²) < 4.78 is 1.04. The van der Waals surface area contributed by atoms with Crippen LogP contribution < -0.4 is 11.1 Å². The van der Waals surface area contributed by atoms with Gasteiger partial charge in [-0.2, -0.15) is 0 Å². The molecule has 4 N–H and O–H groups in total. The summed E-state index contributed by atoms with van der Waals surface area (Å²) >= 11 is 3.38. The molecule has 0 saturated heterocycles. The van der Waals surface area contributed by atoms with Crippen molar-refractivity contribution in [3.05, 3.63) is 28.7 Å². The van der Waals surface area contributed by atoms with Gasteiger partial charge < -0.3 is 16.3 Å². The largest absolute Gasteiger partial charge is 0.409 e. The molecule has 0 bridgehead atoms. The Bertz CT molecular complexity index is 351. The van der Waals surface area contributed by atoms with Gasteiger partial charge in [0.1, 0.15) is 5.84 Å². The highest BCUT2D eigenvalue weighted by atomic mass is 79.9. The fraction of sp³-hybridized carbons (Fsp3) is 0.364. The summed E-state index contributed by atoms with van der Waals surface area (Å²) in [6.45, 7) is 2.06. The summed E-state index contributed by atoms with van der Waals surface area (Å²) in [6, 6.07) is 8.09. The van der Waals surface area contributed by atoms with E-state index in [-0.39, 0.29) is 11.9 Å². The number of nitrogens with two attached hydrogens (primary N) is 1. The summed E-state index contributed by atoms with van der Waals surface area (Å²) in [5, 5.41) is 14.8. The molecule has 1 atom stereocenters. The summed E-state index contributed by atoms with van der Waals surface area (Å²) in [5.41, 5.74) is 6.51. The molecule has 88 valence electrons. The first-order valence-corrected chi connectivity index (χ1v) is 5.93. The molecule has 4 nitrogen and oxygen atoms in total. The average molecular weight is 286 g/mol. The van der Waals surface area contributed by atoms with Crippen LogP contribution in [0.2, 0.25) is 0 Å². The van der Waals surface area contributed by atoms with E-state index in [1.54, 1.807) is 0 Å². The van der Waals surface area contributed by atoms with Gasteiger partial charge in [0.2, 0.25) is 0 Å². The fourth-order valence-electron chi connectivity index (χ4n) is 1.37. The topological polar surface area (TPSA) is 70.6 Å². The van der Waals surface area contributed by atoms with E-state index < -0.39 is 0 Å². The van der Waals surface area contributed by atoms with Gasteiger partial charge in [-0.05, 0) is 30.7 Å². The lowest BCUT2D eigenvalue weighted by atomic mass is 10.1. The molecule has 5 heteroatoms. The predicted molar refractivity (Wildman–Crippen MR) is 69.9 cm³/mol. The molecule has 1 aromatic carbocycles. The van der Waals surface area contributed by atoms with Crippen LogP contribution >= 0.6 is 15.9 Å². The minimum absolute atomic E-state index is 0.178. The Balaban J connectivity index is 2.59. The zero-order chi connectivity index (χ0) is 12.0. The van der Waals surface area contributed by atoms with Crippen LogP contribution in [0.15, 0.2) is 33.9 Å². The SMILES string of the molecule is CCC(CC(N)=NO)Nc1ccc(Br)cc1. The molecular weight excluding hydrogens is 270 g/mol. The molecule has 0 fully saturated rings. The van der Waals surface area contributed by atoms with Crippen LogP contribution in [0.5, 0.6) is 0 Å². The minimum atomic E-state index is 0.178. The third-order valence-electron chi connectivity index (χ3n) is 2.29. The van der Waals surface area contributed by atoms with Crippen LogP contribution in [0.1, 0.15) is 19.8 Å². The third-order valence-corrected chi connectivity index (χ3v) is 2.82. The van der Waals surface area contributed by atoms with Crippen molar-refractivity contribution >= 4 is 27.5 Å². The van der Waals surface area contributed by atoms with E-state index in [1.165, 1.54) is 0 Å². The monoisotopic (exact) mass is 285 g/mol. The quantitative estimate of drug-likeness (QED) is 0.337. The van der Waals surface area contributed by atoms with Crippen LogP contribution in [0, 0.1) is 0 Å². The maximum atomic E-state index is 8.51. The third kappa shape index (κ3) is 4.10. The highest BCUT2D eigenvalue weighted by Gasteiger charge is 2.08. The lowest BCUT2D eigenvalue weighted by Crippen LogP contribution is -2.26. The molecular formula is C11H16BrN3O. The van der Waals surface area contributed by atoms with Crippen molar-refractivity contribution in [2.45, 2.75) is 25.8 Å². The van der Waals surface area contributed by atoms with Gasteiger partial charge in [-0.3, -0.25) is 0 Å². The van der Waals surface area contributed by atoms with Crippen LogP contribution in [0.25, 0.3) is 0 Å². The first kappa shape index (κ1) is 12.8. The van der Waals surface area contributed by atoms with Crippen molar-refractivity contribution in [2.24, 2.45) is 10.9 Å². The van der Waals surface area contributed by atoms with Crippen molar-refractivity contribution < 1.29 is 5.21 Å². The van der Waals surface area contributed by atoms with E-state index in [4.69, 9.17) is 10.9 Å². The van der Waals surface area contributed by atoms with Gasteiger partial charge in [-0.15, -0.1) is 0 Å². The lowest BCUT2D eigenvalue weighted by molar-refractivity contribution is 0.316. The number of rotatable bonds is 5. The highest BCUT2D eigenvalue weighted by Crippen LogP contribution is 2.16. The van der Waals surface area contributed by atoms with Gasteiger partial charge in [-0.1, -0.05) is 28.0 Å². The second-order valence-corrected chi connectivity index (χ2v) is 4.47. The van der Waals surface area contributed by atoms with Gasteiger partial charge >= 0.3 is 0 Å². The zero-order valence-electron chi connectivity index (χ0n) is 9.15. The standard InChI is InChI=1S/C11H16BrN3O/c1-2-9(7-11(13)15-16)14-10-5-3-8(12)4-6-10/h3-6,9,14,16H,2,7H2,1H3,(H2,13,15). The van der Waals surface area contributed by atoms with E-state index in [0.717, 1.165) is 16.6 Å². The molecule has 0 aliphatic heterocycles. The van der Waals surface area contributed by atoms with E-state index in [1.807, 2.05) is 24.3 Å². The number of hydrogen-bond donors (Lipinski definition) is 3. The van der Waals surface area contributed by atoms with Crippen molar-refractivity contribution in [2.75, 3.05) is 5.32 Å². The zero-order valence-corrected chi connectivity index (χ0v) is 10.7. The number of oxime groups is 1. The maximum Gasteiger partial charge on any atom is 0.141 e. The molecule has 16 heavy (non-hydrogen) atoms. The van der Waals surface area contributed by atoms with Crippen molar-refractivity contribution in [3.8, 4) is 0 Å². The molecule has 0 aromatic heterocycles. The van der Waals surface area contributed by atoms with Crippen molar-refractivity contribution in [1.82, 2.24) is 0 Å². The second kappa shape index (κ2) is 6.37. The summed E-state index contributed by atoms with van der Waals surface area (Å²) in [6.07, 6.45) is 1.44. The first-order chi connectivity index (χ1) is 7.65. The summed E-state index contributed by atoms with van der Waals surface area (Å²) in [4.78, 5) is 0. The van der Waals surface area contributed by atoms with Gasteiger partial charge in [0.05, 0.1) is 0 Å². The van der Waals surface area contributed by atoms with Crippen LogP contribution in [0.3, 0.4) is 0 Å². The van der Waals surface area contributed by atoms with Crippen molar-refractivity contribution in [3.63, 3.8) is 0 Å². The Morgan fingerprint density at radius 2 is 2.12 bits per heavy atom. The van der Waals surface area contributed by atoms with Crippen molar-refractivity contribution in [1.29, 1.82) is 0 Å². The number of halogens is 1. The number of nitrogens with zero attached hydrogens (tertiary/aromatic N) is 1. The fourth-order valence-corrected chi connectivity index (χ4v) is 1.64. The molecule has 0 radical (unpaired) electrons. The van der Waals surface area contributed by atoms with Crippen LogP contribution in [-0.4, -0.2) is 17.1 Å². The van der Waals surface area contributed by atoms with E-state index >= 15 is 0 Å². The van der Waals surface area contributed by atoms with E-state index in [0.29, 0.717) is 6.42 Å². The molecule has 0 amide bonds. The molecule has 0 heterocycles. The highest BCUT2D eigenvalue weighted by molar-refractivity contribution is 9.10. The van der Waals surface area contributed by atoms with Crippen LogP contribution in [0.4, 0.5) is 5.69 Å². The normalized spacial score (nSPS) is 13.5. The molecule has 1 rings (SSSR count). The Labute approximate surface area is 104 Å². The number of benzene rings is 1. The lowest BCUT2D eigenvalue weighted by Gasteiger charge is -2.17. The van der Waals surface area contributed by atoms with Gasteiger partial charge in [0.15, 0.2) is 0 Å². The number of amidine groups is 1. The molecule has 0 saturated carbocycles. The number of hydrogen-bond acceptors (Lipinski definition) is 3. The number of nitrogens with one attached hydrogen (secondary N) is 1. The predicted octanol–water partition coefficient (Wildman–Crippen LogP) is 2.78. The average Bonchev–Trinajstić information content (AvgIpc) is 2.30. The Morgan fingerprint density at radius 1 is 1.50 bits per heavy atom. The number of anilines is 1. The van der Waals surface area contributed by atoms with E-state index in [2.05, 4.69) is 33.3 Å². The van der Waals surface area contributed by atoms with Gasteiger partial charge in [0, 0.05) is 22.6 Å². The van der Waals surface area contributed by atoms with Gasteiger partial charge in [-0.25, -0.2) is 0 Å². The minimum Gasteiger partial charge on any atom is -0.409 e. The smallest absolute Gasteiger partial charge is 0.141 e. The first-order valence-electron chi connectivity index (χ1n) is 5.14. The Hall–Kier alpha value is -1.23. The Morgan fingerprint density at radius 3 is 2.62 bits per heavy atom. The van der Waals surface area contributed by atoms with Gasteiger partial charge in [0.25, 0.3) is 0 Å². The molecule has 1 unspecified atom stereocenters. The Kier molecular flexibility index (Phi) is 5.11. The second-order valence-electron chi connectivity index (χ2n) is 3.55. The van der Waals surface area contributed by atoms with E-state index in [9.17, 15) is 0 Å². The summed E-state index contributed by atoms with van der Waals surface area (Å²) in [7, 11) is 0. The summed E-state index contributed by atoms with van der Waals surface area (Å²) in [5.74, 6) is 0.247. The molecule has 0 spiro atoms. The molecule has 0 aliphatic carbocycles.